The maximum atomic E-state index is 12.5. The van der Waals surface area contributed by atoms with Crippen LogP contribution in [0, 0.1) is 13.8 Å². The second kappa shape index (κ2) is 7.97. The zero-order valence-electron chi connectivity index (χ0n) is 16.3. The van der Waals surface area contributed by atoms with Gasteiger partial charge in [-0.15, -0.1) is 0 Å². The van der Waals surface area contributed by atoms with E-state index in [1.54, 1.807) is 25.1 Å². The Balaban J connectivity index is 1.33. The molecule has 1 aliphatic heterocycles. The highest BCUT2D eigenvalue weighted by molar-refractivity contribution is 5.98. The fourth-order valence-corrected chi connectivity index (χ4v) is 3.13. The number of fused-ring (bicyclic) bond motifs is 2. The fourth-order valence-electron chi connectivity index (χ4n) is 3.13. The monoisotopic (exact) mass is 394 g/mol. The van der Waals surface area contributed by atoms with Gasteiger partial charge in [-0.3, -0.25) is 9.78 Å². The van der Waals surface area contributed by atoms with Gasteiger partial charge in [0.15, 0.2) is 11.5 Å². The van der Waals surface area contributed by atoms with Crippen LogP contribution in [0.1, 0.15) is 21.6 Å². The fraction of sp³-hybridized carbons (Fsp3) is 0.273. The van der Waals surface area contributed by atoms with Crippen LogP contribution < -0.4 is 19.5 Å². The summed E-state index contributed by atoms with van der Waals surface area (Å²) in [6.07, 6.45) is -0.860. The van der Waals surface area contributed by atoms with Crippen molar-refractivity contribution in [3.8, 4) is 17.2 Å². The van der Waals surface area contributed by atoms with Crippen LogP contribution in [-0.2, 0) is 0 Å². The van der Waals surface area contributed by atoms with Crippen molar-refractivity contribution in [1.82, 2.24) is 10.3 Å². The quantitative estimate of drug-likeness (QED) is 0.668. The van der Waals surface area contributed by atoms with E-state index in [4.69, 9.17) is 14.2 Å². The van der Waals surface area contributed by atoms with Crippen molar-refractivity contribution in [2.45, 2.75) is 20.0 Å². The van der Waals surface area contributed by atoms with Gasteiger partial charge in [0.1, 0.15) is 18.5 Å². The van der Waals surface area contributed by atoms with E-state index in [2.05, 4.69) is 10.3 Å². The number of amides is 1. The Morgan fingerprint density at radius 2 is 2.00 bits per heavy atom. The van der Waals surface area contributed by atoms with Gasteiger partial charge in [0.25, 0.3) is 5.91 Å². The Bertz CT molecular complexity index is 1070. The number of hydrogen-bond acceptors (Lipinski definition) is 6. The molecule has 0 fully saturated rings. The van der Waals surface area contributed by atoms with Crippen LogP contribution in [0.4, 0.5) is 0 Å². The topological polar surface area (TPSA) is 89.9 Å². The van der Waals surface area contributed by atoms with Gasteiger partial charge in [-0.05, 0) is 43.7 Å². The van der Waals surface area contributed by atoms with E-state index in [1.807, 2.05) is 31.2 Å². The summed E-state index contributed by atoms with van der Waals surface area (Å²) in [6.45, 7) is 4.10. The van der Waals surface area contributed by atoms with Gasteiger partial charge < -0.3 is 24.6 Å². The molecule has 0 saturated heterocycles. The summed E-state index contributed by atoms with van der Waals surface area (Å²) in [5.74, 6) is 1.56. The van der Waals surface area contributed by atoms with Crippen LogP contribution in [0.25, 0.3) is 10.9 Å². The normalized spacial score (nSPS) is 13.3. The molecule has 0 bridgehead atoms. The van der Waals surface area contributed by atoms with Gasteiger partial charge in [0.05, 0.1) is 16.8 Å². The zero-order chi connectivity index (χ0) is 20.4. The number of carbonyl (C=O) groups is 1. The summed E-state index contributed by atoms with van der Waals surface area (Å²) in [6, 6.07) is 12.9. The third kappa shape index (κ3) is 4.25. The lowest BCUT2D eigenvalue weighted by atomic mass is 10.1. The number of aliphatic hydroxyl groups is 1. The van der Waals surface area contributed by atoms with Crippen LogP contribution >= 0.6 is 0 Å². The number of pyridine rings is 1. The molecule has 1 aliphatic rings. The van der Waals surface area contributed by atoms with E-state index in [1.165, 1.54) is 0 Å². The first-order chi connectivity index (χ1) is 14.0. The lowest BCUT2D eigenvalue weighted by molar-refractivity contribution is 0.0843. The van der Waals surface area contributed by atoms with Crippen LogP contribution in [0.5, 0.6) is 17.2 Å². The SMILES string of the molecule is Cc1ccc2cc(C(=O)NCC(O)COc3ccc4c(c3)OCO4)c(C)nc2c1. The number of carbonyl (C=O) groups excluding carboxylic acids is 1. The number of rotatable bonds is 6. The maximum absolute atomic E-state index is 12.5. The van der Waals surface area contributed by atoms with E-state index < -0.39 is 6.10 Å². The first-order valence-electron chi connectivity index (χ1n) is 9.36. The van der Waals surface area contributed by atoms with Crippen molar-refractivity contribution in [2.24, 2.45) is 0 Å². The number of aryl methyl sites for hydroxylation is 2. The Morgan fingerprint density at radius 3 is 2.86 bits per heavy atom. The molecule has 1 amide bonds. The minimum Gasteiger partial charge on any atom is -0.491 e. The molecule has 150 valence electrons. The van der Waals surface area contributed by atoms with Crippen molar-refractivity contribution in [1.29, 1.82) is 0 Å². The standard InChI is InChI=1S/C22H22N2O5/c1-13-3-4-15-8-18(14(2)24-19(15)7-13)22(26)23-10-16(25)11-27-17-5-6-20-21(9-17)29-12-28-20/h3-9,16,25H,10-12H2,1-2H3,(H,23,26). The first-order valence-corrected chi connectivity index (χ1v) is 9.36. The molecule has 2 N–H and O–H groups in total. The highest BCUT2D eigenvalue weighted by Crippen LogP contribution is 2.35. The minimum absolute atomic E-state index is 0.0359. The number of hydrogen-bond donors (Lipinski definition) is 2. The third-order valence-electron chi connectivity index (χ3n) is 4.69. The number of benzene rings is 2. The van der Waals surface area contributed by atoms with Crippen LogP contribution in [0.3, 0.4) is 0 Å². The highest BCUT2D eigenvalue weighted by atomic mass is 16.7. The van der Waals surface area contributed by atoms with Crippen molar-refractivity contribution in [2.75, 3.05) is 19.9 Å². The predicted molar refractivity (Wildman–Crippen MR) is 108 cm³/mol. The molecule has 29 heavy (non-hydrogen) atoms. The molecule has 7 nitrogen and oxygen atoms in total. The van der Waals surface area contributed by atoms with Crippen LogP contribution in [-0.4, -0.2) is 42.0 Å². The average Bonchev–Trinajstić information content (AvgIpc) is 3.17. The Morgan fingerprint density at radius 1 is 1.17 bits per heavy atom. The van der Waals surface area contributed by atoms with Crippen molar-refractivity contribution in [3.05, 3.63) is 59.3 Å². The summed E-state index contributed by atoms with van der Waals surface area (Å²) in [7, 11) is 0. The summed E-state index contributed by atoms with van der Waals surface area (Å²) in [4.78, 5) is 17.1. The molecule has 1 atom stereocenters. The molecule has 2 heterocycles. The average molecular weight is 394 g/mol. The first kappa shape index (κ1) is 19.0. The predicted octanol–water partition coefficient (Wildman–Crippen LogP) is 2.75. The van der Waals surface area contributed by atoms with Crippen LogP contribution in [0.2, 0.25) is 0 Å². The van der Waals surface area contributed by atoms with E-state index >= 15 is 0 Å². The summed E-state index contributed by atoms with van der Waals surface area (Å²) < 4.78 is 16.1. The van der Waals surface area contributed by atoms with E-state index in [0.29, 0.717) is 28.5 Å². The lowest BCUT2D eigenvalue weighted by Crippen LogP contribution is -2.35. The number of nitrogens with zero attached hydrogens (tertiary/aromatic N) is 1. The van der Waals surface area contributed by atoms with Gasteiger partial charge in [0.2, 0.25) is 6.79 Å². The van der Waals surface area contributed by atoms with E-state index in [9.17, 15) is 9.90 Å². The molecule has 7 heteroatoms. The van der Waals surface area contributed by atoms with Crippen molar-refractivity contribution >= 4 is 16.8 Å². The summed E-state index contributed by atoms with van der Waals surface area (Å²) >= 11 is 0. The lowest BCUT2D eigenvalue weighted by Gasteiger charge is -2.14. The molecule has 0 spiro atoms. The molecule has 0 radical (unpaired) electrons. The smallest absolute Gasteiger partial charge is 0.253 e. The summed E-state index contributed by atoms with van der Waals surface area (Å²) in [5.41, 5.74) is 3.11. The van der Waals surface area contributed by atoms with E-state index in [-0.39, 0.29) is 25.9 Å². The van der Waals surface area contributed by atoms with Gasteiger partial charge in [-0.2, -0.15) is 0 Å². The molecule has 0 aliphatic carbocycles. The molecule has 3 aromatic rings. The molecular formula is C22H22N2O5. The molecule has 1 unspecified atom stereocenters. The number of aliphatic hydroxyl groups excluding tert-OH is 1. The molecular weight excluding hydrogens is 372 g/mol. The maximum Gasteiger partial charge on any atom is 0.253 e. The van der Waals surface area contributed by atoms with Gasteiger partial charge in [-0.1, -0.05) is 12.1 Å². The Hall–Kier alpha value is -3.32. The number of ether oxygens (including phenoxy) is 3. The van der Waals surface area contributed by atoms with Crippen molar-refractivity contribution in [3.63, 3.8) is 0 Å². The van der Waals surface area contributed by atoms with Crippen molar-refractivity contribution < 1.29 is 24.1 Å². The Kier molecular flexibility index (Phi) is 5.22. The minimum atomic E-state index is -0.860. The van der Waals surface area contributed by atoms with Crippen LogP contribution in [0.15, 0.2) is 42.5 Å². The van der Waals surface area contributed by atoms with Gasteiger partial charge in [0, 0.05) is 18.0 Å². The van der Waals surface area contributed by atoms with E-state index in [0.717, 1.165) is 16.5 Å². The highest BCUT2D eigenvalue weighted by Gasteiger charge is 2.16. The molecule has 2 aromatic carbocycles. The molecule has 0 saturated carbocycles. The number of nitrogens with one attached hydrogen (secondary N) is 1. The second-order valence-corrected chi connectivity index (χ2v) is 7.01. The summed E-state index contributed by atoms with van der Waals surface area (Å²) in [5, 5.41) is 13.8. The Labute approximate surface area is 168 Å². The molecule has 1 aromatic heterocycles. The third-order valence-corrected chi connectivity index (χ3v) is 4.69. The zero-order valence-corrected chi connectivity index (χ0v) is 16.3. The largest absolute Gasteiger partial charge is 0.491 e. The van der Waals surface area contributed by atoms with Gasteiger partial charge in [-0.25, -0.2) is 0 Å². The molecule has 4 rings (SSSR count). The van der Waals surface area contributed by atoms with Gasteiger partial charge >= 0.3 is 0 Å². The second-order valence-electron chi connectivity index (χ2n) is 7.01. The number of aromatic nitrogens is 1.